The molecule has 106 valence electrons. The van der Waals surface area contributed by atoms with Crippen molar-refractivity contribution in [1.29, 1.82) is 0 Å². The standard InChI is InChI=1S/C16H15N3O2/c1-11-7-9-13(10-8-11)17-16-19-18-15(21-16)14(20)12-5-3-2-4-6-12/h2-10,14,20H,1H3,(H,17,19). The van der Waals surface area contributed by atoms with E-state index >= 15 is 0 Å². The Hall–Kier alpha value is -2.66. The molecule has 0 aliphatic carbocycles. The predicted molar refractivity (Wildman–Crippen MR) is 79.3 cm³/mol. The van der Waals surface area contributed by atoms with Gasteiger partial charge in [0.05, 0.1) is 0 Å². The molecule has 5 heteroatoms. The molecule has 1 unspecified atom stereocenters. The topological polar surface area (TPSA) is 71.2 Å². The van der Waals surface area contributed by atoms with E-state index in [1.54, 1.807) is 0 Å². The molecule has 0 fully saturated rings. The lowest BCUT2D eigenvalue weighted by Gasteiger charge is -2.05. The van der Waals surface area contributed by atoms with Gasteiger partial charge in [-0.1, -0.05) is 53.1 Å². The highest BCUT2D eigenvalue weighted by Gasteiger charge is 2.17. The van der Waals surface area contributed by atoms with E-state index in [2.05, 4.69) is 15.5 Å². The third-order valence-corrected chi connectivity index (χ3v) is 3.09. The smallest absolute Gasteiger partial charge is 0.320 e. The number of aromatic nitrogens is 2. The van der Waals surface area contributed by atoms with Crippen molar-refractivity contribution >= 4 is 11.7 Å². The predicted octanol–water partition coefficient (Wildman–Crippen LogP) is 3.20. The summed E-state index contributed by atoms with van der Waals surface area (Å²) in [5, 5.41) is 21.0. The van der Waals surface area contributed by atoms with Crippen LogP contribution in [0.5, 0.6) is 0 Å². The zero-order valence-electron chi connectivity index (χ0n) is 11.5. The van der Waals surface area contributed by atoms with Gasteiger partial charge in [-0.3, -0.25) is 0 Å². The van der Waals surface area contributed by atoms with Gasteiger partial charge in [0.15, 0.2) is 6.10 Å². The molecule has 1 atom stereocenters. The molecule has 2 aromatic carbocycles. The summed E-state index contributed by atoms with van der Waals surface area (Å²) in [6, 6.07) is 17.3. The van der Waals surface area contributed by atoms with Crippen LogP contribution in [0.25, 0.3) is 0 Å². The Morgan fingerprint density at radius 3 is 2.43 bits per heavy atom. The first-order valence-corrected chi connectivity index (χ1v) is 6.62. The van der Waals surface area contributed by atoms with Gasteiger partial charge < -0.3 is 14.8 Å². The maximum absolute atomic E-state index is 10.2. The average Bonchev–Trinajstić information content (AvgIpc) is 2.98. The van der Waals surface area contributed by atoms with Crippen LogP contribution in [-0.4, -0.2) is 15.3 Å². The third-order valence-electron chi connectivity index (χ3n) is 3.09. The number of nitrogens with one attached hydrogen (secondary N) is 1. The Balaban J connectivity index is 1.75. The van der Waals surface area contributed by atoms with Crippen LogP contribution in [0, 0.1) is 6.92 Å². The Morgan fingerprint density at radius 1 is 1.00 bits per heavy atom. The van der Waals surface area contributed by atoms with E-state index in [4.69, 9.17) is 4.42 Å². The van der Waals surface area contributed by atoms with Gasteiger partial charge in [0, 0.05) is 5.69 Å². The number of hydrogen-bond acceptors (Lipinski definition) is 5. The second-order valence-electron chi connectivity index (χ2n) is 4.75. The van der Waals surface area contributed by atoms with Crippen molar-refractivity contribution in [3.05, 3.63) is 71.6 Å². The van der Waals surface area contributed by atoms with Crippen molar-refractivity contribution < 1.29 is 9.52 Å². The van der Waals surface area contributed by atoms with Gasteiger partial charge in [-0.25, -0.2) is 0 Å². The van der Waals surface area contributed by atoms with E-state index in [-0.39, 0.29) is 11.9 Å². The van der Waals surface area contributed by atoms with Crippen LogP contribution in [0.2, 0.25) is 0 Å². The molecular formula is C16H15N3O2. The molecule has 0 saturated heterocycles. The van der Waals surface area contributed by atoms with Crippen molar-refractivity contribution in [2.24, 2.45) is 0 Å². The molecule has 0 spiro atoms. The number of rotatable bonds is 4. The molecule has 1 aromatic heterocycles. The minimum absolute atomic E-state index is 0.163. The Bertz CT molecular complexity index is 708. The lowest BCUT2D eigenvalue weighted by molar-refractivity contribution is 0.184. The van der Waals surface area contributed by atoms with Crippen LogP contribution < -0.4 is 5.32 Å². The molecule has 2 N–H and O–H groups in total. The number of anilines is 2. The fourth-order valence-electron chi connectivity index (χ4n) is 1.93. The lowest BCUT2D eigenvalue weighted by atomic mass is 10.1. The van der Waals surface area contributed by atoms with Crippen LogP contribution in [0.1, 0.15) is 23.1 Å². The summed E-state index contributed by atoms with van der Waals surface area (Å²) >= 11 is 0. The molecule has 0 amide bonds. The number of benzene rings is 2. The molecule has 0 aliphatic heterocycles. The van der Waals surface area contributed by atoms with Gasteiger partial charge in [-0.15, -0.1) is 5.10 Å². The summed E-state index contributed by atoms with van der Waals surface area (Å²) in [6.07, 6.45) is -0.924. The van der Waals surface area contributed by atoms with Crippen molar-refractivity contribution in [2.45, 2.75) is 13.0 Å². The summed E-state index contributed by atoms with van der Waals surface area (Å²) in [6.45, 7) is 2.02. The summed E-state index contributed by atoms with van der Waals surface area (Å²) in [4.78, 5) is 0. The molecule has 5 nitrogen and oxygen atoms in total. The minimum Gasteiger partial charge on any atom is -0.405 e. The van der Waals surface area contributed by atoms with E-state index in [1.807, 2.05) is 61.5 Å². The number of hydrogen-bond donors (Lipinski definition) is 2. The van der Waals surface area contributed by atoms with Crippen LogP contribution >= 0.6 is 0 Å². The molecule has 0 radical (unpaired) electrons. The molecule has 0 bridgehead atoms. The SMILES string of the molecule is Cc1ccc(Nc2nnc(C(O)c3ccccc3)o2)cc1. The Labute approximate surface area is 122 Å². The first-order valence-electron chi connectivity index (χ1n) is 6.62. The maximum atomic E-state index is 10.2. The largest absolute Gasteiger partial charge is 0.405 e. The molecule has 0 saturated carbocycles. The zero-order chi connectivity index (χ0) is 14.7. The van der Waals surface area contributed by atoms with Crippen LogP contribution in [-0.2, 0) is 0 Å². The maximum Gasteiger partial charge on any atom is 0.320 e. The highest BCUT2D eigenvalue weighted by Crippen LogP contribution is 2.23. The third kappa shape index (κ3) is 3.09. The van der Waals surface area contributed by atoms with E-state index in [0.29, 0.717) is 5.56 Å². The first kappa shape index (κ1) is 13.3. The number of aryl methyl sites for hydroxylation is 1. The van der Waals surface area contributed by atoms with Gasteiger partial charge in [-0.05, 0) is 24.6 Å². The number of aliphatic hydroxyl groups is 1. The van der Waals surface area contributed by atoms with E-state index in [9.17, 15) is 5.11 Å². The molecule has 0 aliphatic rings. The van der Waals surface area contributed by atoms with Crippen molar-refractivity contribution in [3.8, 4) is 0 Å². The van der Waals surface area contributed by atoms with Gasteiger partial charge in [-0.2, -0.15) is 0 Å². The first-order chi connectivity index (χ1) is 10.2. The van der Waals surface area contributed by atoms with Crippen LogP contribution in [0.3, 0.4) is 0 Å². The van der Waals surface area contributed by atoms with E-state index in [1.165, 1.54) is 5.56 Å². The normalized spacial score (nSPS) is 12.1. The van der Waals surface area contributed by atoms with Crippen LogP contribution in [0.15, 0.2) is 59.0 Å². The Morgan fingerprint density at radius 2 is 1.71 bits per heavy atom. The van der Waals surface area contributed by atoms with Crippen molar-refractivity contribution in [3.63, 3.8) is 0 Å². The summed E-state index contributed by atoms with van der Waals surface area (Å²) in [7, 11) is 0. The van der Waals surface area contributed by atoms with Crippen LogP contribution in [0.4, 0.5) is 11.7 Å². The fraction of sp³-hybridized carbons (Fsp3) is 0.125. The second kappa shape index (κ2) is 5.76. The van der Waals surface area contributed by atoms with E-state index < -0.39 is 6.10 Å². The number of aliphatic hydroxyl groups excluding tert-OH is 1. The Kier molecular flexibility index (Phi) is 3.66. The molecule has 3 aromatic rings. The van der Waals surface area contributed by atoms with Crippen molar-refractivity contribution in [1.82, 2.24) is 10.2 Å². The highest BCUT2D eigenvalue weighted by molar-refractivity contribution is 5.52. The fourth-order valence-corrected chi connectivity index (χ4v) is 1.93. The van der Waals surface area contributed by atoms with Crippen molar-refractivity contribution in [2.75, 3.05) is 5.32 Å². The minimum atomic E-state index is -0.924. The van der Waals surface area contributed by atoms with Gasteiger partial charge in [0.1, 0.15) is 0 Å². The molecule has 1 heterocycles. The monoisotopic (exact) mass is 281 g/mol. The van der Waals surface area contributed by atoms with Gasteiger partial charge in [0.25, 0.3) is 5.89 Å². The molecular weight excluding hydrogens is 266 g/mol. The molecule has 3 rings (SSSR count). The highest BCUT2D eigenvalue weighted by atomic mass is 16.4. The second-order valence-corrected chi connectivity index (χ2v) is 4.75. The number of nitrogens with zero attached hydrogens (tertiary/aromatic N) is 2. The average molecular weight is 281 g/mol. The van der Waals surface area contributed by atoms with Gasteiger partial charge in [0.2, 0.25) is 0 Å². The quantitative estimate of drug-likeness (QED) is 0.768. The summed E-state index contributed by atoms with van der Waals surface area (Å²) < 4.78 is 5.45. The summed E-state index contributed by atoms with van der Waals surface area (Å²) in [5.41, 5.74) is 2.74. The van der Waals surface area contributed by atoms with Gasteiger partial charge >= 0.3 is 6.01 Å². The zero-order valence-corrected chi connectivity index (χ0v) is 11.5. The van der Waals surface area contributed by atoms with E-state index in [0.717, 1.165) is 5.69 Å². The molecule has 21 heavy (non-hydrogen) atoms. The lowest BCUT2D eigenvalue weighted by Crippen LogP contribution is -1.99. The summed E-state index contributed by atoms with van der Waals surface area (Å²) in [5.74, 6) is 0.163.